The number of rotatable bonds is 8. The number of nitrogens with zero attached hydrogens (tertiary/aromatic N) is 1. The second-order valence-electron chi connectivity index (χ2n) is 6.05. The van der Waals surface area contributed by atoms with Gasteiger partial charge in [0.2, 0.25) is 10.0 Å². The van der Waals surface area contributed by atoms with Crippen LogP contribution in [0.5, 0.6) is 0 Å². The van der Waals surface area contributed by atoms with Crippen LogP contribution >= 0.6 is 0 Å². The summed E-state index contributed by atoms with van der Waals surface area (Å²) in [5, 5.41) is 9.25. The highest BCUT2D eigenvalue weighted by atomic mass is 32.2. The van der Waals surface area contributed by atoms with Crippen molar-refractivity contribution in [2.24, 2.45) is 0 Å². The molecule has 0 spiro atoms. The first-order valence-electron chi connectivity index (χ1n) is 8.05. The molecule has 1 fully saturated rings. The lowest BCUT2D eigenvalue weighted by molar-refractivity contribution is 0.157. The number of benzene rings is 1. The molecule has 1 aliphatic rings. The van der Waals surface area contributed by atoms with E-state index in [1.807, 2.05) is 0 Å². The van der Waals surface area contributed by atoms with Gasteiger partial charge in [-0.15, -0.1) is 0 Å². The predicted molar refractivity (Wildman–Crippen MR) is 87.2 cm³/mol. The zero-order valence-electron chi connectivity index (χ0n) is 13.5. The van der Waals surface area contributed by atoms with Crippen molar-refractivity contribution in [3.05, 3.63) is 29.6 Å². The number of aliphatic hydroxyl groups excluding tert-OH is 1. The second kappa shape index (κ2) is 8.19. The molecule has 1 heterocycles. The number of aliphatic hydroxyl groups is 1. The molecule has 130 valence electrons. The Bertz CT molecular complexity index is 622. The van der Waals surface area contributed by atoms with Gasteiger partial charge in [-0.25, -0.2) is 17.5 Å². The van der Waals surface area contributed by atoms with Gasteiger partial charge in [-0.3, -0.25) is 4.90 Å². The summed E-state index contributed by atoms with van der Waals surface area (Å²) in [6.45, 7) is 4.04. The number of hydrogen-bond acceptors (Lipinski definition) is 4. The molecule has 1 saturated heterocycles. The molecule has 0 aromatic heterocycles. The third kappa shape index (κ3) is 4.97. The number of unbranched alkanes of at least 4 members (excludes halogenated alkanes) is 1. The third-order valence-corrected chi connectivity index (χ3v) is 5.73. The number of hydrogen-bond donors (Lipinski definition) is 2. The Labute approximate surface area is 137 Å². The van der Waals surface area contributed by atoms with Gasteiger partial charge in [0, 0.05) is 12.6 Å². The van der Waals surface area contributed by atoms with Crippen LogP contribution < -0.4 is 4.72 Å². The van der Waals surface area contributed by atoms with Gasteiger partial charge in [0.15, 0.2) is 0 Å². The van der Waals surface area contributed by atoms with Crippen molar-refractivity contribution in [3.63, 3.8) is 0 Å². The minimum atomic E-state index is -3.81. The summed E-state index contributed by atoms with van der Waals surface area (Å²) in [6.07, 6.45) is 3.65. The van der Waals surface area contributed by atoms with Gasteiger partial charge in [-0.2, -0.15) is 0 Å². The highest BCUT2D eigenvalue weighted by Crippen LogP contribution is 2.18. The van der Waals surface area contributed by atoms with Crippen molar-refractivity contribution in [1.29, 1.82) is 0 Å². The molecule has 0 bridgehead atoms. The largest absolute Gasteiger partial charge is 0.395 e. The Hall–Kier alpha value is -1.02. The fourth-order valence-electron chi connectivity index (χ4n) is 2.94. The SMILES string of the molecule is Cc1ccc(F)c(S(=O)(=O)NCCCCN2CCCC2CO)c1. The molecule has 2 N–H and O–H groups in total. The maximum Gasteiger partial charge on any atom is 0.243 e. The van der Waals surface area contributed by atoms with Gasteiger partial charge in [0.1, 0.15) is 10.7 Å². The second-order valence-corrected chi connectivity index (χ2v) is 7.79. The van der Waals surface area contributed by atoms with Crippen molar-refractivity contribution in [1.82, 2.24) is 9.62 Å². The molecular formula is C16H25FN2O3S. The summed E-state index contributed by atoms with van der Waals surface area (Å²) in [4.78, 5) is 1.95. The Morgan fingerprint density at radius 1 is 1.39 bits per heavy atom. The zero-order valence-corrected chi connectivity index (χ0v) is 14.3. The van der Waals surface area contributed by atoms with E-state index in [0.29, 0.717) is 12.0 Å². The van der Waals surface area contributed by atoms with Gasteiger partial charge < -0.3 is 5.11 Å². The summed E-state index contributed by atoms with van der Waals surface area (Å²) in [7, 11) is -3.81. The fraction of sp³-hybridized carbons (Fsp3) is 0.625. The average Bonchev–Trinajstić information content (AvgIpc) is 2.96. The summed E-state index contributed by atoms with van der Waals surface area (Å²) in [6, 6.07) is 4.30. The maximum atomic E-state index is 13.7. The highest BCUT2D eigenvalue weighted by molar-refractivity contribution is 7.89. The Kier molecular flexibility index (Phi) is 6.52. The molecule has 0 radical (unpaired) electrons. The van der Waals surface area contributed by atoms with E-state index in [1.165, 1.54) is 12.1 Å². The lowest BCUT2D eigenvalue weighted by Crippen LogP contribution is -2.33. The molecule has 7 heteroatoms. The zero-order chi connectivity index (χ0) is 16.9. The molecule has 2 rings (SSSR count). The molecule has 1 aromatic rings. The van der Waals surface area contributed by atoms with E-state index in [1.54, 1.807) is 13.0 Å². The predicted octanol–water partition coefficient (Wildman–Crippen LogP) is 1.65. The number of halogens is 1. The topological polar surface area (TPSA) is 69.6 Å². The van der Waals surface area contributed by atoms with Crippen molar-refractivity contribution in [2.45, 2.75) is 43.5 Å². The molecule has 1 aromatic carbocycles. The molecule has 1 unspecified atom stereocenters. The van der Waals surface area contributed by atoms with Crippen LogP contribution in [0.3, 0.4) is 0 Å². The van der Waals surface area contributed by atoms with Crippen molar-refractivity contribution < 1.29 is 17.9 Å². The van der Waals surface area contributed by atoms with Gasteiger partial charge in [0.05, 0.1) is 6.61 Å². The molecule has 23 heavy (non-hydrogen) atoms. The van der Waals surface area contributed by atoms with Crippen LogP contribution in [0.4, 0.5) is 4.39 Å². The monoisotopic (exact) mass is 344 g/mol. The molecule has 1 aliphatic heterocycles. The molecule has 0 aliphatic carbocycles. The normalized spacial score (nSPS) is 19.3. The quantitative estimate of drug-likeness (QED) is 0.704. The number of likely N-dealkylation sites (tertiary alicyclic amines) is 1. The average molecular weight is 344 g/mol. The standard InChI is InChI=1S/C16H25FN2O3S/c1-13-6-7-15(17)16(11-13)23(21,22)18-8-2-3-9-19-10-4-5-14(19)12-20/h6-7,11,14,18,20H,2-5,8-10,12H2,1H3. The van der Waals surface area contributed by atoms with Gasteiger partial charge in [0.25, 0.3) is 0 Å². The van der Waals surface area contributed by atoms with Crippen LogP contribution in [-0.2, 0) is 10.0 Å². The summed E-state index contributed by atoms with van der Waals surface area (Å²) < 4.78 is 40.4. The molecular weight excluding hydrogens is 319 g/mol. The van der Waals surface area contributed by atoms with Crippen LogP contribution in [0.1, 0.15) is 31.2 Å². The third-order valence-electron chi connectivity index (χ3n) is 4.25. The molecule has 1 atom stereocenters. The van der Waals surface area contributed by atoms with E-state index in [4.69, 9.17) is 0 Å². The minimum Gasteiger partial charge on any atom is -0.395 e. The van der Waals surface area contributed by atoms with Crippen LogP contribution in [0.25, 0.3) is 0 Å². The maximum absolute atomic E-state index is 13.7. The number of sulfonamides is 1. The minimum absolute atomic E-state index is 0.180. The molecule has 5 nitrogen and oxygen atoms in total. The van der Waals surface area contributed by atoms with E-state index in [9.17, 15) is 17.9 Å². The molecule has 0 amide bonds. The summed E-state index contributed by atoms with van der Waals surface area (Å²) in [5.41, 5.74) is 0.704. The van der Waals surface area contributed by atoms with E-state index >= 15 is 0 Å². The van der Waals surface area contributed by atoms with Crippen molar-refractivity contribution in [2.75, 3.05) is 26.2 Å². The summed E-state index contributed by atoms with van der Waals surface area (Å²) >= 11 is 0. The number of aryl methyl sites for hydroxylation is 1. The van der Waals surface area contributed by atoms with E-state index in [0.717, 1.165) is 32.4 Å². The van der Waals surface area contributed by atoms with Gasteiger partial charge in [-0.05, 0) is 63.4 Å². The first-order valence-corrected chi connectivity index (χ1v) is 9.53. The van der Waals surface area contributed by atoms with Crippen LogP contribution in [0, 0.1) is 12.7 Å². The summed E-state index contributed by atoms with van der Waals surface area (Å²) in [5.74, 6) is -0.731. The van der Waals surface area contributed by atoms with Crippen molar-refractivity contribution in [3.8, 4) is 0 Å². The molecule has 0 saturated carbocycles. The Balaban J connectivity index is 1.78. The van der Waals surface area contributed by atoms with E-state index in [-0.39, 0.29) is 24.1 Å². The van der Waals surface area contributed by atoms with Gasteiger partial charge in [-0.1, -0.05) is 6.07 Å². The highest BCUT2D eigenvalue weighted by Gasteiger charge is 2.23. The van der Waals surface area contributed by atoms with Crippen LogP contribution in [0.2, 0.25) is 0 Å². The Morgan fingerprint density at radius 3 is 2.91 bits per heavy atom. The first kappa shape index (κ1) is 18.3. The van der Waals surface area contributed by atoms with E-state index < -0.39 is 15.8 Å². The Morgan fingerprint density at radius 2 is 2.17 bits per heavy atom. The number of nitrogens with one attached hydrogen (secondary N) is 1. The lowest BCUT2D eigenvalue weighted by atomic mass is 10.2. The van der Waals surface area contributed by atoms with E-state index in [2.05, 4.69) is 9.62 Å². The van der Waals surface area contributed by atoms with Gasteiger partial charge >= 0.3 is 0 Å². The fourth-order valence-corrected chi connectivity index (χ4v) is 4.17. The van der Waals surface area contributed by atoms with Crippen LogP contribution in [0.15, 0.2) is 23.1 Å². The van der Waals surface area contributed by atoms with Crippen molar-refractivity contribution >= 4 is 10.0 Å². The van der Waals surface area contributed by atoms with Crippen LogP contribution in [-0.4, -0.2) is 50.7 Å². The first-order chi connectivity index (χ1) is 10.9. The lowest BCUT2D eigenvalue weighted by Gasteiger charge is -2.22. The smallest absolute Gasteiger partial charge is 0.243 e.